The molecule has 0 saturated heterocycles. The molecule has 0 atom stereocenters. The number of hydrogen-bond donors (Lipinski definition) is 1. The van der Waals surface area contributed by atoms with Crippen molar-refractivity contribution in [2.75, 3.05) is 6.54 Å². The van der Waals surface area contributed by atoms with E-state index in [0.717, 1.165) is 18.4 Å². The van der Waals surface area contributed by atoms with Gasteiger partial charge >= 0.3 is 5.69 Å². The predicted molar refractivity (Wildman–Crippen MR) is 90.5 cm³/mol. The first-order valence-electron chi connectivity index (χ1n) is 8.42. The molecule has 0 unspecified atom stereocenters. The molecule has 2 aromatic rings. The second-order valence-corrected chi connectivity index (χ2v) is 6.62. The number of hydrogen-bond acceptors (Lipinski definition) is 4. The fourth-order valence-corrected chi connectivity index (χ4v) is 2.66. The van der Waals surface area contributed by atoms with Crippen LogP contribution in [0.1, 0.15) is 39.2 Å². The summed E-state index contributed by atoms with van der Waals surface area (Å²) >= 11 is 0. The minimum Gasteiger partial charge on any atom is -0.354 e. The number of carbonyl (C=O) groups excluding carboxylic acids is 1. The maximum Gasteiger partial charge on any atom is 0.346 e. The molecule has 128 valence electrons. The van der Waals surface area contributed by atoms with Crippen LogP contribution in [-0.4, -0.2) is 31.8 Å². The van der Waals surface area contributed by atoms with Crippen LogP contribution in [0.3, 0.4) is 0 Å². The van der Waals surface area contributed by atoms with Crippen LogP contribution in [0.4, 0.5) is 0 Å². The highest BCUT2D eigenvalue weighted by Crippen LogP contribution is 2.36. The number of nitrogens with zero attached hydrogens (tertiary/aromatic N) is 4. The second kappa shape index (κ2) is 6.98. The van der Waals surface area contributed by atoms with Crippen LogP contribution in [0.5, 0.6) is 0 Å². The van der Waals surface area contributed by atoms with Gasteiger partial charge in [0.15, 0.2) is 5.82 Å². The number of carbonyl (C=O) groups is 1. The molecule has 0 aromatic carbocycles. The summed E-state index contributed by atoms with van der Waals surface area (Å²) in [5.41, 5.74) is 0.721. The lowest BCUT2D eigenvalue weighted by Gasteiger charge is -2.06. The van der Waals surface area contributed by atoms with E-state index >= 15 is 0 Å². The SMILES string of the molecule is CC(C)CC(=O)NCCn1nc(-c2cccnc2)n(C2CC2)c1=O. The third-order valence-electron chi connectivity index (χ3n) is 3.94. The van der Waals surface area contributed by atoms with E-state index in [0.29, 0.717) is 31.3 Å². The molecule has 2 heterocycles. The number of pyridine rings is 1. The van der Waals surface area contributed by atoms with E-state index in [-0.39, 0.29) is 17.6 Å². The lowest BCUT2D eigenvalue weighted by atomic mass is 10.1. The maximum atomic E-state index is 12.6. The summed E-state index contributed by atoms with van der Waals surface area (Å²) in [5, 5.41) is 7.32. The van der Waals surface area contributed by atoms with Gasteiger partial charge in [-0.05, 0) is 30.9 Å². The van der Waals surface area contributed by atoms with E-state index in [1.165, 1.54) is 4.68 Å². The molecule has 1 aliphatic carbocycles. The average molecular weight is 329 g/mol. The van der Waals surface area contributed by atoms with E-state index in [4.69, 9.17) is 0 Å². The van der Waals surface area contributed by atoms with Crippen molar-refractivity contribution in [3.63, 3.8) is 0 Å². The number of aromatic nitrogens is 4. The van der Waals surface area contributed by atoms with Gasteiger partial charge in [0, 0.05) is 37.0 Å². The summed E-state index contributed by atoms with van der Waals surface area (Å²) in [4.78, 5) is 28.4. The molecule has 1 saturated carbocycles. The van der Waals surface area contributed by atoms with Gasteiger partial charge in [0.2, 0.25) is 5.91 Å². The van der Waals surface area contributed by atoms with E-state index in [1.807, 2.05) is 26.0 Å². The average Bonchev–Trinajstić information content (AvgIpc) is 3.32. The van der Waals surface area contributed by atoms with Gasteiger partial charge in [-0.25, -0.2) is 9.48 Å². The highest BCUT2D eigenvalue weighted by molar-refractivity contribution is 5.75. The highest BCUT2D eigenvalue weighted by Gasteiger charge is 2.30. The smallest absolute Gasteiger partial charge is 0.346 e. The largest absolute Gasteiger partial charge is 0.354 e. The molecule has 3 rings (SSSR count). The van der Waals surface area contributed by atoms with Crippen molar-refractivity contribution in [1.29, 1.82) is 0 Å². The quantitative estimate of drug-likeness (QED) is 0.836. The van der Waals surface area contributed by atoms with Crippen LogP contribution >= 0.6 is 0 Å². The Bertz CT molecular complexity index is 759. The van der Waals surface area contributed by atoms with Crippen LogP contribution in [0, 0.1) is 5.92 Å². The molecule has 2 aromatic heterocycles. The summed E-state index contributed by atoms with van der Waals surface area (Å²) in [6.07, 6.45) is 5.92. The molecule has 7 nitrogen and oxygen atoms in total. The molecule has 7 heteroatoms. The highest BCUT2D eigenvalue weighted by atomic mass is 16.2. The van der Waals surface area contributed by atoms with Gasteiger partial charge in [-0.15, -0.1) is 5.10 Å². The van der Waals surface area contributed by atoms with Crippen LogP contribution < -0.4 is 11.0 Å². The first-order chi connectivity index (χ1) is 11.6. The topological polar surface area (TPSA) is 81.8 Å². The van der Waals surface area contributed by atoms with Crippen LogP contribution in [0.2, 0.25) is 0 Å². The Labute approximate surface area is 140 Å². The Morgan fingerprint density at radius 1 is 1.42 bits per heavy atom. The van der Waals surface area contributed by atoms with Gasteiger partial charge < -0.3 is 5.32 Å². The summed E-state index contributed by atoms with van der Waals surface area (Å²) < 4.78 is 3.20. The monoisotopic (exact) mass is 329 g/mol. The predicted octanol–water partition coefficient (Wildman–Crippen LogP) is 1.60. The van der Waals surface area contributed by atoms with Gasteiger partial charge in [-0.2, -0.15) is 0 Å². The van der Waals surface area contributed by atoms with E-state index < -0.39 is 0 Å². The van der Waals surface area contributed by atoms with Crippen molar-refractivity contribution in [3.8, 4) is 11.4 Å². The first kappa shape index (κ1) is 16.4. The van der Waals surface area contributed by atoms with E-state index in [1.54, 1.807) is 17.0 Å². The zero-order valence-electron chi connectivity index (χ0n) is 14.1. The van der Waals surface area contributed by atoms with Crippen molar-refractivity contribution in [1.82, 2.24) is 24.6 Å². The molecule has 0 aliphatic heterocycles. The summed E-state index contributed by atoms with van der Waals surface area (Å²) in [6.45, 7) is 4.78. The Hall–Kier alpha value is -2.44. The Balaban J connectivity index is 1.75. The molecule has 0 spiro atoms. The number of rotatable bonds is 7. The molecule has 1 N–H and O–H groups in total. The first-order valence-corrected chi connectivity index (χ1v) is 8.42. The third-order valence-corrected chi connectivity index (χ3v) is 3.94. The van der Waals surface area contributed by atoms with Crippen molar-refractivity contribution < 1.29 is 4.79 Å². The van der Waals surface area contributed by atoms with Crippen LogP contribution in [0.15, 0.2) is 29.3 Å². The zero-order valence-corrected chi connectivity index (χ0v) is 14.1. The van der Waals surface area contributed by atoms with Gasteiger partial charge in [0.1, 0.15) is 0 Å². The molecular weight excluding hydrogens is 306 g/mol. The van der Waals surface area contributed by atoms with Gasteiger partial charge in [0.05, 0.1) is 6.54 Å². The number of nitrogens with one attached hydrogen (secondary N) is 1. The van der Waals surface area contributed by atoms with Crippen LogP contribution in [0.25, 0.3) is 11.4 Å². The molecule has 0 radical (unpaired) electrons. The Morgan fingerprint density at radius 2 is 2.21 bits per heavy atom. The van der Waals surface area contributed by atoms with Crippen LogP contribution in [-0.2, 0) is 11.3 Å². The normalized spacial score (nSPS) is 14.1. The molecule has 1 fully saturated rings. The summed E-state index contributed by atoms with van der Waals surface area (Å²) in [7, 11) is 0. The molecule has 1 aliphatic rings. The van der Waals surface area contributed by atoms with Crippen molar-refractivity contribution in [2.45, 2.75) is 45.7 Å². The number of amides is 1. The lowest BCUT2D eigenvalue weighted by molar-refractivity contribution is -0.121. The summed E-state index contributed by atoms with van der Waals surface area (Å²) in [6, 6.07) is 3.97. The molecular formula is C17H23N5O2. The molecule has 0 bridgehead atoms. The van der Waals surface area contributed by atoms with E-state index in [2.05, 4.69) is 15.4 Å². The van der Waals surface area contributed by atoms with Gasteiger partial charge in [-0.1, -0.05) is 13.8 Å². The van der Waals surface area contributed by atoms with Crippen molar-refractivity contribution in [3.05, 3.63) is 35.0 Å². The minimum absolute atomic E-state index is 0.00663. The van der Waals surface area contributed by atoms with Gasteiger partial charge in [0.25, 0.3) is 0 Å². The molecule has 24 heavy (non-hydrogen) atoms. The lowest BCUT2D eigenvalue weighted by Crippen LogP contribution is -2.32. The molecule has 1 amide bonds. The zero-order chi connectivity index (χ0) is 17.1. The Morgan fingerprint density at radius 3 is 2.83 bits per heavy atom. The van der Waals surface area contributed by atoms with Gasteiger partial charge in [-0.3, -0.25) is 14.3 Å². The van der Waals surface area contributed by atoms with Crippen molar-refractivity contribution in [2.24, 2.45) is 5.92 Å². The van der Waals surface area contributed by atoms with E-state index in [9.17, 15) is 9.59 Å². The third kappa shape index (κ3) is 3.72. The fraction of sp³-hybridized carbons (Fsp3) is 0.529. The Kier molecular flexibility index (Phi) is 4.78. The maximum absolute atomic E-state index is 12.6. The second-order valence-electron chi connectivity index (χ2n) is 6.62. The fourth-order valence-electron chi connectivity index (χ4n) is 2.66. The van der Waals surface area contributed by atoms with Crippen molar-refractivity contribution >= 4 is 5.91 Å². The minimum atomic E-state index is -0.116. The summed E-state index contributed by atoms with van der Waals surface area (Å²) in [5.74, 6) is 0.982. The standard InChI is InChI=1S/C17H23N5O2/c1-12(2)10-15(23)19-8-9-21-17(24)22(14-5-6-14)16(20-21)13-4-3-7-18-11-13/h3-4,7,11-12,14H,5-6,8-10H2,1-2H3,(H,19,23).